The van der Waals surface area contributed by atoms with Crippen molar-refractivity contribution >= 4 is 38.8 Å². The summed E-state index contributed by atoms with van der Waals surface area (Å²) in [6, 6.07) is 5.86. The van der Waals surface area contributed by atoms with Crippen LogP contribution in [0.2, 0.25) is 0 Å². The standard InChI is InChI=1S/C14H16BrN3OS/c1-7(13-8(2)18-19-9(13)3)17-12-5-4-10(15)6-11(12)14(16)20/h4-7,17H,1-3H3,(H2,16,20). The Morgan fingerprint density at radius 1 is 1.45 bits per heavy atom. The second-order valence-electron chi connectivity index (χ2n) is 4.66. The van der Waals surface area contributed by atoms with Gasteiger partial charge in [0, 0.05) is 21.3 Å². The molecule has 2 aromatic rings. The van der Waals surface area contributed by atoms with Gasteiger partial charge >= 0.3 is 0 Å². The molecular formula is C14H16BrN3OS. The summed E-state index contributed by atoms with van der Waals surface area (Å²) in [6.45, 7) is 5.89. The molecule has 4 nitrogen and oxygen atoms in total. The van der Waals surface area contributed by atoms with Crippen LogP contribution in [0.5, 0.6) is 0 Å². The molecule has 20 heavy (non-hydrogen) atoms. The Kier molecular flexibility index (Phi) is 4.45. The van der Waals surface area contributed by atoms with Gasteiger partial charge in [0.1, 0.15) is 10.7 Å². The maximum absolute atomic E-state index is 5.78. The van der Waals surface area contributed by atoms with Gasteiger partial charge in [0.25, 0.3) is 0 Å². The molecule has 1 heterocycles. The van der Waals surface area contributed by atoms with Gasteiger partial charge < -0.3 is 15.6 Å². The smallest absolute Gasteiger partial charge is 0.139 e. The average molecular weight is 354 g/mol. The van der Waals surface area contributed by atoms with Crippen molar-refractivity contribution in [1.29, 1.82) is 0 Å². The van der Waals surface area contributed by atoms with Crippen molar-refractivity contribution in [3.63, 3.8) is 0 Å². The van der Waals surface area contributed by atoms with E-state index in [0.717, 1.165) is 32.7 Å². The predicted molar refractivity (Wildman–Crippen MR) is 88.0 cm³/mol. The van der Waals surface area contributed by atoms with Crippen LogP contribution in [0.15, 0.2) is 27.2 Å². The number of hydrogen-bond donors (Lipinski definition) is 2. The van der Waals surface area contributed by atoms with Crippen molar-refractivity contribution in [2.75, 3.05) is 5.32 Å². The predicted octanol–water partition coefficient (Wildman–Crippen LogP) is 3.86. The van der Waals surface area contributed by atoms with Gasteiger partial charge in [0.05, 0.1) is 11.7 Å². The molecule has 3 N–H and O–H groups in total. The summed E-state index contributed by atoms with van der Waals surface area (Å²) in [5.41, 5.74) is 9.43. The van der Waals surface area contributed by atoms with Crippen molar-refractivity contribution in [3.05, 3.63) is 45.3 Å². The van der Waals surface area contributed by atoms with Gasteiger partial charge in [0.15, 0.2) is 0 Å². The van der Waals surface area contributed by atoms with E-state index in [1.165, 1.54) is 0 Å². The van der Waals surface area contributed by atoms with Gasteiger partial charge in [-0.25, -0.2) is 0 Å². The van der Waals surface area contributed by atoms with Gasteiger partial charge in [-0.15, -0.1) is 0 Å². The van der Waals surface area contributed by atoms with Crippen LogP contribution in [-0.4, -0.2) is 10.1 Å². The van der Waals surface area contributed by atoms with E-state index in [1.807, 2.05) is 32.0 Å². The lowest BCUT2D eigenvalue weighted by molar-refractivity contribution is 0.392. The minimum absolute atomic E-state index is 0.0514. The summed E-state index contributed by atoms with van der Waals surface area (Å²) in [5, 5.41) is 7.39. The van der Waals surface area contributed by atoms with Crippen molar-refractivity contribution in [2.45, 2.75) is 26.8 Å². The number of aromatic nitrogens is 1. The van der Waals surface area contributed by atoms with Crippen molar-refractivity contribution in [3.8, 4) is 0 Å². The third-order valence-electron chi connectivity index (χ3n) is 3.14. The third kappa shape index (κ3) is 3.02. The summed E-state index contributed by atoms with van der Waals surface area (Å²) >= 11 is 8.52. The molecule has 0 amide bonds. The molecule has 0 saturated heterocycles. The molecule has 6 heteroatoms. The van der Waals surface area contributed by atoms with Crippen LogP contribution < -0.4 is 11.1 Å². The fourth-order valence-corrected chi connectivity index (χ4v) is 2.79. The number of nitrogens with zero attached hydrogens (tertiary/aromatic N) is 1. The Labute approximate surface area is 131 Å². The van der Waals surface area contributed by atoms with Gasteiger partial charge in [-0.1, -0.05) is 33.3 Å². The lowest BCUT2D eigenvalue weighted by Crippen LogP contribution is -2.15. The number of anilines is 1. The van der Waals surface area contributed by atoms with Gasteiger partial charge in [-0.2, -0.15) is 0 Å². The molecule has 0 bridgehead atoms. The van der Waals surface area contributed by atoms with Crippen LogP contribution in [0.4, 0.5) is 5.69 Å². The van der Waals surface area contributed by atoms with Crippen LogP contribution in [0.1, 0.15) is 35.5 Å². The first-order valence-corrected chi connectivity index (χ1v) is 7.39. The zero-order valence-electron chi connectivity index (χ0n) is 11.5. The van der Waals surface area contributed by atoms with Crippen LogP contribution in [0.25, 0.3) is 0 Å². The SMILES string of the molecule is Cc1noc(C)c1C(C)Nc1ccc(Br)cc1C(N)=S. The van der Waals surface area contributed by atoms with Crippen LogP contribution in [-0.2, 0) is 0 Å². The number of aryl methyl sites for hydroxylation is 2. The number of nitrogens with two attached hydrogens (primary N) is 1. The molecular weight excluding hydrogens is 338 g/mol. The number of halogens is 1. The molecule has 1 aromatic heterocycles. The van der Waals surface area contributed by atoms with Crippen molar-refractivity contribution in [1.82, 2.24) is 5.16 Å². The number of thiocarbonyl (C=S) groups is 1. The zero-order chi connectivity index (χ0) is 14.9. The molecule has 0 radical (unpaired) electrons. The Hall–Kier alpha value is -1.40. The lowest BCUT2D eigenvalue weighted by Gasteiger charge is -2.18. The van der Waals surface area contributed by atoms with E-state index in [4.69, 9.17) is 22.5 Å². The van der Waals surface area contributed by atoms with E-state index in [9.17, 15) is 0 Å². The quantitative estimate of drug-likeness (QED) is 0.817. The molecule has 106 valence electrons. The minimum atomic E-state index is 0.0514. The lowest BCUT2D eigenvalue weighted by atomic mass is 10.1. The highest BCUT2D eigenvalue weighted by Crippen LogP contribution is 2.28. The monoisotopic (exact) mass is 353 g/mol. The highest BCUT2D eigenvalue weighted by Gasteiger charge is 2.17. The molecule has 0 saturated carbocycles. The zero-order valence-corrected chi connectivity index (χ0v) is 13.9. The van der Waals surface area contributed by atoms with E-state index < -0.39 is 0 Å². The summed E-state index contributed by atoms with van der Waals surface area (Å²) < 4.78 is 6.14. The summed E-state index contributed by atoms with van der Waals surface area (Å²) in [4.78, 5) is 0.361. The maximum Gasteiger partial charge on any atom is 0.139 e. The number of nitrogens with one attached hydrogen (secondary N) is 1. The third-order valence-corrected chi connectivity index (χ3v) is 3.85. The van der Waals surface area contributed by atoms with E-state index in [-0.39, 0.29) is 6.04 Å². The molecule has 0 aliphatic carbocycles. The van der Waals surface area contributed by atoms with E-state index in [0.29, 0.717) is 4.99 Å². The molecule has 0 aliphatic rings. The second kappa shape index (κ2) is 5.93. The van der Waals surface area contributed by atoms with Crippen LogP contribution in [0.3, 0.4) is 0 Å². The van der Waals surface area contributed by atoms with Crippen LogP contribution in [0, 0.1) is 13.8 Å². The highest BCUT2D eigenvalue weighted by atomic mass is 79.9. The van der Waals surface area contributed by atoms with Crippen molar-refractivity contribution < 1.29 is 4.52 Å². The largest absolute Gasteiger partial charge is 0.389 e. The molecule has 1 unspecified atom stereocenters. The number of benzene rings is 1. The van der Waals surface area contributed by atoms with Crippen LogP contribution >= 0.6 is 28.1 Å². The Balaban J connectivity index is 2.33. The first-order chi connectivity index (χ1) is 9.40. The normalized spacial score (nSPS) is 12.2. The molecule has 2 rings (SSSR count). The van der Waals surface area contributed by atoms with E-state index in [1.54, 1.807) is 0 Å². The topological polar surface area (TPSA) is 64.1 Å². The highest BCUT2D eigenvalue weighted by molar-refractivity contribution is 9.10. The average Bonchev–Trinajstić information content (AvgIpc) is 2.71. The molecule has 1 aromatic carbocycles. The summed E-state index contributed by atoms with van der Waals surface area (Å²) in [5.74, 6) is 0.816. The number of hydrogen-bond acceptors (Lipinski definition) is 4. The molecule has 0 fully saturated rings. The van der Waals surface area contributed by atoms with Gasteiger partial charge in [0.2, 0.25) is 0 Å². The van der Waals surface area contributed by atoms with Gasteiger partial charge in [-0.3, -0.25) is 0 Å². The van der Waals surface area contributed by atoms with Crippen molar-refractivity contribution in [2.24, 2.45) is 5.73 Å². The minimum Gasteiger partial charge on any atom is -0.389 e. The Morgan fingerprint density at radius 2 is 2.15 bits per heavy atom. The Morgan fingerprint density at radius 3 is 2.70 bits per heavy atom. The first kappa shape index (κ1) is 15.0. The van der Waals surface area contributed by atoms with Gasteiger partial charge in [-0.05, 0) is 39.0 Å². The summed E-state index contributed by atoms with van der Waals surface area (Å²) in [7, 11) is 0. The Bertz CT molecular complexity index is 634. The second-order valence-corrected chi connectivity index (χ2v) is 6.01. The summed E-state index contributed by atoms with van der Waals surface area (Å²) in [6.07, 6.45) is 0. The fourth-order valence-electron chi connectivity index (χ4n) is 2.26. The van der Waals surface area contributed by atoms with E-state index in [2.05, 4.69) is 33.3 Å². The molecule has 1 atom stereocenters. The maximum atomic E-state index is 5.78. The molecule has 0 aliphatic heterocycles. The number of rotatable bonds is 4. The fraction of sp³-hybridized carbons (Fsp3) is 0.286. The first-order valence-electron chi connectivity index (χ1n) is 6.18. The molecule has 0 spiro atoms. The van der Waals surface area contributed by atoms with E-state index >= 15 is 0 Å².